The van der Waals surface area contributed by atoms with E-state index in [4.69, 9.17) is 9.76 Å². The van der Waals surface area contributed by atoms with Gasteiger partial charge in [-0.15, -0.1) is 0 Å². The molecule has 0 saturated carbocycles. The molecule has 2 aliphatic rings. The van der Waals surface area contributed by atoms with Gasteiger partial charge in [0, 0.05) is 13.9 Å². The topological polar surface area (TPSA) is 122 Å². The van der Waals surface area contributed by atoms with Crippen LogP contribution in [0.1, 0.15) is 27.6 Å². The average molecular weight is 321 g/mol. The van der Waals surface area contributed by atoms with Crippen LogP contribution in [0.15, 0.2) is 12.7 Å². The van der Waals surface area contributed by atoms with E-state index in [2.05, 4.69) is 27.4 Å². The van der Waals surface area contributed by atoms with Crippen LogP contribution in [0.2, 0.25) is 0 Å². The minimum atomic E-state index is -0.981. The molecular formula is C14H24O8. The number of carboxylic acid groups (broad SMARTS) is 1. The van der Waals surface area contributed by atoms with Crippen LogP contribution < -0.4 is 0 Å². The van der Waals surface area contributed by atoms with Crippen LogP contribution in [-0.2, 0) is 33.2 Å². The minimum absolute atomic E-state index is 0. The van der Waals surface area contributed by atoms with E-state index < -0.39 is 5.97 Å². The summed E-state index contributed by atoms with van der Waals surface area (Å²) in [6.45, 7) is 12.0. The summed E-state index contributed by atoms with van der Waals surface area (Å²) >= 11 is 0. The summed E-state index contributed by atoms with van der Waals surface area (Å²) in [4.78, 5) is 29.1. The van der Waals surface area contributed by atoms with Crippen LogP contribution >= 0.6 is 0 Å². The summed E-state index contributed by atoms with van der Waals surface area (Å²) in [5.74, 6) is -1.17. The Morgan fingerprint density at radius 3 is 1.86 bits per heavy atom. The third kappa shape index (κ3) is 36.1. The number of aliphatic carboxylic acids is 1. The number of carbonyl (C=O) groups is 3. The summed E-state index contributed by atoms with van der Waals surface area (Å²) in [5.41, 5.74) is 0. The van der Waals surface area contributed by atoms with Gasteiger partial charge < -0.3 is 19.3 Å². The van der Waals surface area contributed by atoms with Crippen molar-refractivity contribution in [1.29, 1.82) is 0 Å². The average Bonchev–Trinajstić information content (AvgIpc) is 3.37. The van der Waals surface area contributed by atoms with Gasteiger partial charge >= 0.3 is 29.2 Å². The number of hydrogen-bond acceptors (Lipinski definition) is 6. The van der Waals surface area contributed by atoms with Crippen molar-refractivity contribution in [3.05, 3.63) is 19.3 Å². The van der Waals surface area contributed by atoms with Gasteiger partial charge in [-0.2, -0.15) is 0 Å². The molecule has 2 rings (SSSR count). The van der Waals surface area contributed by atoms with Gasteiger partial charge in [0.05, 0.1) is 26.7 Å². The van der Waals surface area contributed by atoms with Crippen LogP contribution in [0, 0.1) is 6.65 Å². The van der Waals surface area contributed by atoms with Gasteiger partial charge in [0.25, 0.3) is 0 Å². The van der Waals surface area contributed by atoms with E-state index in [0.29, 0.717) is 19.4 Å². The van der Waals surface area contributed by atoms with E-state index in [-0.39, 0.29) is 13.4 Å². The summed E-state index contributed by atoms with van der Waals surface area (Å²) in [5, 5.41) is 7.60. The Hall–Kier alpha value is -2.15. The number of rotatable bonds is 3. The van der Waals surface area contributed by atoms with Crippen LogP contribution in [0.25, 0.3) is 0 Å². The number of esters is 2. The Morgan fingerprint density at radius 1 is 1.45 bits per heavy atom. The van der Waals surface area contributed by atoms with E-state index in [1.54, 1.807) is 0 Å². The third-order valence-electron chi connectivity index (χ3n) is 1.63. The Morgan fingerprint density at radius 2 is 1.82 bits per heavy atom. The maximum absolute atomic E-state index is 10.2. The van der Waals surface area contributed by atoms with E-state index in [1.807, 2.05) is 6.92 Å². The second kappa shape index (κ2) is 21.2. The van der Waals surface area contributed by atoms with Crippen molar-refractivity contribution < 1.29 is 39.8 Å². The zero-order chi connectivity index (χ0) is 17.8. The Balaban J connectivity index is -0.000000102. The summed E-state index contributed by atoms with van der Waals surface area (Å²) in [6, 6.07) is 0. The molecular weight excluding hydrogens is 296 g/mol. The molecule has 2 aliphatic heterocycles. The van der Waals surface area contributed by atoms with Gasteiger partial charge in [0.15, 0.2) is 0 Å². The van der Waals surface area contributed by atoms with E-state index >= 15 is 0 Å². The van der Waals surface area contributed by atoms with Crippen molar-refractivity contribution in [2.45, 2.75) is 26.2 Å². The number of cyclic esters (lactones) is 1. The molecule has 0 spiro atoms. The molecule has 0 aromatic heterocycles. The van der Waals surface area contributed by atoms with Crippen molar-refractivity contribution in [3.63, 3.8) is 0 Å². The van der Waals surface area contributed by atoms with Gasteiger partial charge in [-0.1, -0.05) is 13.5 Å². The van der Waals surface area contributed by atoms with Crippen molar-refractivity contribution in [2.75, 3.05) is 26.9 Å². The van der Waals surface area contributed by atoms with Crippen LogP contribution in [0.4, 0.5) is 0 Å². The molecule has 0 aliphatic carbocycles. The fourth-order valence-corrected chi connectivity index (χ4v) is 0.492. The monoisotopic (exact) mass is 321 g/mol. The van der Waals surface area contributed by atoms with Crippen molar-refractivity contribution in [1.82, 2.24) is 0 Å². The first-order valence-corrected chi connectivity index (χ1v) is 6.33. The first kappa shape index (κ1) is 24.8. The fraction of sp³-hybridized carbons (Fsp3) is 0.571. The predicted octanol–water partition coefficient (Wildman–Crippen LogP) is 1.37. The molecule has 2 fully saturated rings. The van der Waals surface area contributed by atoms with Gasteiger partial charge in [-0.05, 0) is 6.42 Å². The maximum atomic E-state index is 10.2. The number of carbonyl (C=O) groups excluding carboxylic acids is 2. The first-order valence-electron chi connectivity index (χ1n) is 6.33. The molecule has 0 amide bonds. The summed E-state index contributed by atoms with van der Waals surface area (Å²) in [6.07, 6.45) is 2.86. The molecule has 0 atom stereocenters. The number of hydrogen-bond donors (Lipinski definition) is 1. The molecule has 1 N–H and O–H groups in total. The van der Waals surface area contributed by atoms with Gasteiger partial charge in [0.2, 0.25) is 0 Å². The van der Waals surface area contributed by atoms with Crippen molar-refractivity contribution in [3.8, 4) is 0 Å². The molecule has 0 bridgehead atoms. The molecule has 0 aromatic carbocycles. The van der Waals surface area contributed by atoms with Crippen LogP contribution in [-0.4, -0.2) is 49.9 Å². The third-order valence-corrected chi connectivity index (χ3v) is 1.63. The van der Waals surface area contributed by atoms with Crippen molar-refractivity contribution in [2.24, 2.45) is 0 Å². The van der Waals surface area contributed by atoms with Crippen LogP contribution in [0.5, 0.6) is 0 Å². The first-order chi connectivity index (χ1) is 10.5. The van der Waals surface area contributed by atoms with Gasteiger partial charge in [0.1, 0.15) is 6.61 Å². The second-order valence-corrected chi connectivity index (χ2v) is 3.45. The van der Waals surface area contributed by atoms with Crippen molar-refractivity contribution >= 4 is 17.9 Å². The molecule has 2 saturated heterocycles. The summed E-state index contributed by atoms with van der Waals surface area (Å²) < 4.78 is 20.6. The van der Waals surface area contributed by atoms with E-state index in [0.717, 1.165) is 25.7 Å². The number of ether oxygens (including phenoxy) is 3. The quantitative estimate of drug-likeness (QED) is 0.274. The predicted molar refractivity (Wildman–Crippen MR) is 77.2 cm³/mol. The molecule has 0 aromatic rings. The Labute approximate surface area is 131 Å². The van der Waals surface area contributed by atoms with E-state index in [1.165, 1.54) is 7.11 Å². The molecule has 8 nitrogen and oxygen atoms in total. The number of carboxylic acids is 1. The second-order valence-electron chi connectivity index (χ2n) is 3.45. The summed E-state index contributed by atoms with van der Waals surface area (Å²) in [7, 11) is 1.40. The molecule has 22 heavy (non-hydrogen) atoms. The normalized spacial score (nSPS) is 12.1. The standard InChI is InChI=1S/C5H10O2.2C3H4O2.C2H4O.CO.H2/c1-3-4-5(6)7-2;4-3-1-2-5-3;1-2-3(4)5;1-2-3-1;1-2;/h3-4H2,1-2H3;1-2H2;2H,1H2,(H,4,5);1-2H2;;1H/i;;;;;1+1. The number of epoxide rings is 1. The Bertz CT molecular complexity index is 330. The van der Waals surface area contributed by atoms with E-state index in [9.17, 15) is 14.4 Å². The fourth-order valence-electron chi connectivity index (χ4n) is 0.492. The molecule has 0 unspecified atom stereocenters. The zero-order valence-electron chi connectivity index (χ0n) is 12.8. The SMILES string of the molecule is C1CO1.C=CC(=O)O.CCCC(=O)OC.O=C1CCO1.[2HH].[C-]#[O+]. The molecule has 0 radical (unpaired) electrons. The van der Waals surface area contributed by atoms with Gasteiger partial charge in [-0.25, -0.2) is 4.79 Å². The van der Waals surface area contributed by atoms with Crippen LogP contribution in [0.3, 0.4) is 0 Å². The number of methoxy groups -OCH3 is 1. The molecule has 8 heteroatoms. The molecule has 128 valence electrons. The molecule has 2 heterocycles. The zero-order valence-corrected chi connectivity index (χ0v) is 12.8. The van der Waals surface area contributed by atoms with Gasteiger partial charge in [-0.3, -0.25) is 9.59 Å². The Kier molecular flexibility index (Phi) is 23.9.